The van der Waals surface area contributed by atoms with Crippen LogP contribution >= 0.6 is 15.9 Å². The van der Waals surface area contributed by atoms with Crippen LogP contribution < -0.4 is 0 Å². The molecule has 0 atom stereocenters. The van der Waals surface area contributed by atoms with Gasteiger partial charge in [0, 0.05) is 9.86 Å². The quantitative estimate of drug-likeness (QED) is 0.832. The van der Waals surface area contributed by atoms with E-state index in [4.69, 9.17) is 4.42 Å². The van der Waals surface area contributed by atoms with E-state index >= 15 is 0 Å². The monoisotopic (exact) mass is 279 g/mol. The molecule has 1 fully saturated rings. The minimum Gasteiger partial charge on any atom is -0.460 e. The molecule has 1 aromatic heterocycles. The molecule has 1 aliphatic rings. The number of hydrogen-bond donors (Lipinski definition) is 0. The van der Waals surface area contributed by atoms with Gasteiger partial charge in [-0.1, -0.05) is 22.0 Å². The fourth-order valence-electron chi connectivity index (χ4n) is 2.32. The first-order chi connectivity index (χ1) is 7.83. The Balaban J connectivity index is 1.90. The van der Waals surface area contributed by atoms with Gasteiger partial charge in [-0.15, -0.1) is 0 Å². The standard InChI is InChI=1S/C13H14BrNO/c14-12-4-3-5-13-11(12)8-10(16-13)9-15-6-1-2-7-15/h3-5,8H,1-2,6-7,9H2. The maximum absolute atomic E-state index is 5.84. The van der Waals surface area contributed by atoms with E-state index in [0.29, 0.717) is 0 Å². The number of hydrogen-bond acceptors (Lipinski definition) is 2. The first kappa shape index (κ1) is 10.4. The van der Waals surface area contributed by atoms with Crippen LogP contribution in [0.25, 0.3) is 11.0 Å². The second-order valence-electron chi connectivity index (χ2n) is 4.35. The zero-order chi connectivity index (χ0) is 11.0. The van der Waals surface area contributed by atoms with Crippen molar-refractivity contribution in [3.8, 4) is 0 Å². The molecule has 0 aliphatic carbocycles. The number of nitrogens with zero attached hydrogens (tertiary/aromatic N) is 1. The summed E-state index contributed by atoms with van der Waals surface area (Å²) in [6, 6.07) is 8.23. The van der Waals surface area contributed by atoms with E-state index in [-0.39, 0.29) is 0 Å². The summed E-state index contributed by atoms with van der Waals surface area (Å²) in [6.45, 7) is 3.36. The van der Waals surface area contributed by atoms with Crippen LogP contribution in [-0.2, 0) is 6.54 Å². The van der Waals surface area contributed by atoms with Gasteiger partial charge in [-0.25, -0.2) is 0 Å². The second kappa shape index (κ2) is 4.22. The Morgan fingerprint density at radius 3 is 2.81 bits per heavy atom. The average Bonchev–Trinajstić information content (AvgIpc) is 2.88. The Morgan fingerprint density at radius 1 is 1.25 bits per heavy atom. The van der Waals surface area contributed by atoms with Crippen molar-refractivity contribution in [1.82, 2.24) is 4.90 Å². The van der Waals surface area contributed by atoms with Crippen LogP contribution in [0.5, 0.6) is 0 Å². The molecule has 0 spiro atoms. The molecule has 3 heteroatoms. The highest BCUT2D eigenvalue weighted by molar-refractivity contribution is 9.10. The summed E-state index contributed by atoms with van der Waals surface area (Å²) in [5.41, 5.74) is 0.976. The van der Waals surface area contributed by atoms with Gasteiger partial charge in [-0.3, -0.25) is 4.90 Å². The van der Waals surface area contributed by atoms with Crippen LogP contribution in [0.4, 0.5) is 0 Å². The average molecular weight is 280 g/mol. The number of benzene rings is 1. The van der Waals surface area contributed by atoms with Crippen molar-refractivity contribution in [2.24, 2.45) is 0 Å². The Hall–Kier alpha value is -0.800. The third kappa shape index (κ3) is 1.89. The van der Waals surface area contributed by atoms with Crippen LogP contribution in [0, 0.1) is 0 Å². The summed E-state index contributed by atoms with van der Waals surface area (Å²) in [5, 5.41) is 1.18. The summed E-state index contributed by atoms with van der Waals surface area (Å²) in [7, 11) is 0. The summed E-state index contributed by atoms with van der Waals surface area (Å²) in [6.07, 6.45) is 2.65. The maximum Gasteiger partial charge on any atom is 0.135 e. The van der Waals surface area contributed by atoms with E-state index in [1.54, 1.807) is 0 Å². The molecule has 1 aromatic carbocycles. The zero-order valence-electron chi connectivity index (χ0n) is 9.08. The van der Waals surface area contributed by atoms with Crippen molar-refractivity contribution in [2.75, 3.05) is 13.1 Å². The van der Waals surface area contributed by atoms with Crippen molar-refractivity contribution >= 4 is 26.9 Å². The molecule has 0 radical (unpaired) electrons. The van der Waals surface area contributed by atoms with Gasteiger partial charge in [-0.05, 0) is 44.1 Å². The molecule has 0 amide bonds. The molecule has 1 saturated heterocycles. The molecule has 1 aliphatic heterocycles. The molecular weight excluding hydrogens is 266 g/mol. The molecule has 16 heavy (non-hydrogen) atoms. The van der Waals surface area contributed by atoms with Crippen molar-refractivity contribution in [2.45, 2.75) is 19.4 Å². The minimum absolute atomic E-state index is 0.946. The minimum atomic E-state index is 0.946. The first-order valence-corrected chi connectivity index (χ1v) is 6.51. The SMILES string of the molecule is Brc1cccc2oc(CN3CCCC3)cc12. The fraction of sp³-hybridized carbons (Fsp3) is 0.385. The number of fused-ring (bicyclic) bond motifs is 1. The largest absolute Gasteiger partial charge is 0.460 e. The predicted molar refractivity (Wildman–Crippen MR) is 68.4 cm³/mol. The van der Waals surface area contributed by atoms with E-state index in [0.717, 1.165) is 22.4 Å². The molecule has 3 rings (SSSR count). The highest BCUT2D eigenvalue weighted by atomic mass is 79.9. The highest BCUT2D eigenvalue weighted by Gasteiger charge is 2.14. The van der Waals surface area contributed by atoms with Crippen molar-refractivity contribution in [3.63, 3.8) is 0 Å². The van der Waals surface area contributed by atoms with Crippen molar-refractivity contribution < 1.29 is 4.42 Å². The molecule has 0 saturated carbocycles. The Kier molecular flexibility index (Phi) is 2.74. The third-order valence-electron chi connectivity index (χ3n) is 3.14. The lowest BCUT2D eigenvalue weighted by molar-refractivity contribution is 0.302. The van der Waals surface area contributed by atoms with Gasteiger partial charge in [-0.2, -0.15) is 0 Å². The number of halogens is 1. The van der Waals surface area contributed by atoms with E-state index in [1.165, 1.54) is 31.3 Å². The lowest BCUT2D eigenvalue weighted by atomic mass is 10.2. The lowest BCUT2D eigenvalue weighted by Gasteiger charge is -2.11. The number of furan rings is 1. The van der Waals surface area contributed by atoms with Gasteiger partial charge in [0.15, 0.2) is 0 Å². The van der Waals surface area contributed by atoms with Crippen molar-refractivity contribution in [3.05, 3.63) is 34.5 Å². The highest BCUT2D eigenvalue weighted by Crippen LogP contribution is 2.27. The van der Waals surface area contributed by atoms with E-state index in [2.05, 4.69) is 33.0 Å². The van der Waals surface area contributed by atoms with E-state index < -0.39 is 0 Å². The molecule has 2 aromatic rings. The Morgan fingerprint density at radius 2 is 2.06 bits per heavy atom. The van der Waals surface area contributed by atoms with E-state index in [9.17, 15) is 0 Å². The second-order valence-corrected chi connectivity index (χ2v) is 5.20. The summed E-state index contributed by atoms with van der Waals surface area (Å²) in [5.74, 6) is 1.07. The molecular formula is C13H14BrNO. The molecule has 84 valence electrons. The first-order valence-electron chi connectivity index (χ1n) is 5.72. The predicted octanol–water partition coefficient (Wildman–Crippen LogP) is 3.79. The van der Waals surface area contributed by atoms with Gasteiger partial charge in [0.25, 0.3) is 0 Å². The van der Waals surface area contributed by atoms with Crippen molar-refractivity contribution in [1.29, 1.82) is 0 Å². The zero-order valence-corrected chi connectivity index (χ0v) is 10.7. The smallest absolute Gasteiger partial charge is 0.135 e. The van der Waals surface area contributed by atoms with Crippen LogP contribution in [0.3, 0.4) is 0 Å². The fourth-order valence-corrected chi connectivity index (χ4v) is 2.78. The van der Waals surface area contributed by atoms with Crippen LogP contribution in [0.15, 0.2) is 33.2 Å². The van der Waals surface area contributed by atoms with Gasteiger partial charge >= 0.3 is 0 Å². The van der Waals surface area contributed by atoms with Gasteiger partial charge in [0.05, 0.1) is 6.54 Å². The Bertz CT molecular complexity index is 500. The normalized spacial score (nSPS) is 17.3. The van der Waals surface area contributed by atoms with Crippen LogP contribution in [0.2, 0.25) is 0 Å². The van der Waals surface area contributed by atoms with Crippen LogP contribution in [-0.4, -0.2) is 18.0 Å². The summed E-state index contributed by atoms with van der Waals surface area (Å²) in [4.78, 5) is 2.45. The molecule has 0 N–H and O–H groups in total. The molecule has 0 bridgehead atoms. The molecule has 2 nitrogen and oxygen atoms in total. The van der Waals surface area contributed by atoms with Gasteiger partial charge < -0.3 is 4.42 Å². The van der Waals surface area contributed by atoms with Crippen LogP contribution in [0.1, 0.15) is 18.6 Å². The summed E-state index contributed by atoms with van der Waals surface area (Å²) >= 11 is 3.55. The number of likely N-dealkylation sites (tertiary alicyclic amines) is 1. The van der Waals surface area contributed by atoms with Gasteiger partial charge in [0.1, 0.15) is 11.3 Å². The molecule has 0 unspecified atom stereocenters. The lowest BCUT2D eigenvalue weighted by Crippen LogP contribution is -2.17. The topological polar surface area (TPSA) is 16.4 Å². The Labute approximate surface area is 103 Å². The van der Waals surface area contributed by atoms with Gasteiger partial charge in [0.2, 0.25) is 0 Å². The molecule has 2 heterocycles. The third-order valence-corrected chi connectivity index (χ3v) is 3.83. The van der Waals surface area contributed by atoms with E-state index in [1.807, 2.05) is 12.1 Å². The number of rotatable bonds is 2. The summed E-state index contributed by atoms with van der Waals surface area (Å²) < 4.78 is 6.95. The maximum atomic E-state index is 5.84.